The van der Waals surface area contributed by atoms with Crippen LogP contribution in [0.15, 0.2) is 98.1 Å². The number of hydrogen-bond acceptors (Lipinski definition) is 6. The van der Waals surface area contributed by atoms with Crippen molar-refractivity contribution in [1.82, 2.24) is 4.90 Å². The fourth-order valence-electron chi connectivity index (χ4n) is 8.86. The predicted octanol–water partition coefficient (Wildman–Crippen LogP) is 5.81. The van der Waals surface area contributed by atoms with Crippen LogP contribution in [0.2, 0.25) is 0 Å². The first kappa shape index (κ1) is 36.1. The first-order chi connectivity index (χ1) is 24.5. The van der Waals surface area contributed by atoms with Gasteiger partial charge in [-0.2, -0.15) is 0 Å². The molecule has 3 amide bonds. The molecule has 3 aliphatic rings. The summed E-state index contributed by atoms with van der Waals surface area (Å²) in [7, 11) is 0. The minimum Gasteiger partial charge on any atom is -0.494 e. The summed E-state index contributed by atoms with van der Waals surface area (Å²) in [6.45, 7) is 16.2. The smallest absolute Gasteiger partial charge is 0.253 e. The van der Waals surface area contributed by atoms with Crippen LogP contribution in [0.3, 0.4) is 0 Å². The van der Waals surface area contributed by atoms with E-state index in [1.807, 2.05) is 100 Å². The number of likely N-dealkylation sites (tertiary alicyclic amines) is 1. The lowest BCUT2D eigenvalue weighted by molar-refractivity contribution is -0.148. The second-order valence-electron chi connectivity index (χ2n) is 14.1. The number of amides is 3. The maximum absolute atomic E-state index is 15.3. The van der Waals surface area contributed by atoms with Crippen molar-refractivity contribution in [3.63, 3.8) is 0 Å². The number of aliphatic hydroxyl groups is 1. The number of rotatable bonds is 14. The Hall–Kier alpha value is -4.73. The highest BCUT2D eigenvalue weighted by atomic mass is 16.5. The van der Waals surface area contributed by atoms with Crippen LogP contribution < -0.4 is 14.5 Å². The Morgan fingerprint density at radius 3 is 2.22 bits per heavy atom. The van der Waals surface area contributed by atoms with Crippen LogP contribution in [0.4, 0.5) is 11.4 Å². The van der Waals surface area contributed by atoms with Crippen LogP contribution in [0.25, 0.3) is 0 Å². The molecule has 1 spiro atoms. The van der Waals surface area contributed by atoms with E-state index in [9.17, 15) is 9.90 Å². The monoisotopic (exact) mass is 691 g/mol. The molecule has 3 heterocycles. The van der Waals surface area contributed by atoms with Crippen LogP contribution in [-0.2, 0) is 25.5 Å². The summed E-state index contributed by atoms with van der Waals surface area (Å²) in [5, 5.41) is 11.0. The molecule has 0 saturated carbocycles. The van der Waals surface area contributed by atoms with Gasteiger partial charge >= 0.3 is 0 Å². The largest absolute Gasteiger partial charge is 0.494 e. The van der Waals surface area contributed by atoms with Crippen LogP contribution in [0.1, 0.15) is 43.4 Å². The number of anilines is 2. The van der Waals surface area contributed by atoms with Gasteiger partial charge in [-0.1, -0.05) is 60.7 Å². The van der Waals surface area contributed by atoms with Crippen molar-refractivity contribution in [1.29, 1.82) is 0 Å². The minimum atomic E-state index is -1.29. The standard InChI is InChI=1S/C42H49N3O6/c1-7-24-43(31-18-20-33(21-19-31)50-9-3)38(47)34-35-39(48)45(32(27-46)26-30-16-11-10-12-17-30)37(42(35)23-22-41(34,6)51-42)40(49)44(25-8-2)36-28(4)14-13-15-29(36)5/h7-8,10-21,32,34-35,37,46H,1-2,9,22-27H2,3-6H3/t32-,34+,35+,37?,41-,42?/m1/s1. The average Bonchev–Trinajstić information content (AvgIpc) is 3.70. The van der Waals surface area contributed by atoms with Crippen molar-refractivity contribution in [2.45, 2.75) is 70.2 Å². The van der Waals surface area contributed by atoms with Gasteiger partial charge in [-0.15, -0.1) is 13.2 Å². The van der Waals surface area contributed by atoms with E-state index in [1.165, 1.54) is 0 Å². The maximum Gasteiger partial charge on any atom is 0.253 e. The Bertz CT molecular complexity index is 1770. The van der Waals surface area contributed by atoms with Gasteiger partial charge in [-0.25, -0.2) is 0 Å². The highest BCUT2D eigenvalue weighted by molar-refractivity contribution is 6.07. The van der Waals surface area contributed by atoms with Crippen molar-refractivity contribution in [3.05, 3.63) is 115 Å². The first-order valence-corrected chi connectivity index (χ1v) is 17.9. The van der Waals surface area contributed by atoms with Gasteiger partial charge in [0.05, 0.1) is 36.7 Å². The van der Waals surface area contributed by atoms with E-state index >= 15 is 9.59 Å². The number of hydrogen-bond donors (Lipinski definition) is 1. The summed E-state index contributed by atoms with van der Waals surface area (Å²) in [6.07, 6.45) is 4.57. The van der Waals surface area contributed by atoms with Gasteiger partial charge in [-0.3, -0.25) is 14.4 Å². The quantitative estimate of drug-likeness (QED) is 0.215. The summed E-state index contributed by atoms with van der Waals surface area (Å²) in [6, 6.07) is 20.9. The van der Waals surface area contributed by atoms with Crippen LogP contribution in [0, 0.1) is 25.7 Å². The summed E-state index contributed by atoms with van der Waals surface area (Å²) in [4.78, 5) is 50.3. The third kappa shape index (κ3) is 6.16. The van der Waals surface area contributed by atoms with Crippen LogP contribution in [0.5, 0.6) is 5.75 Å². The summed E-state index contributed by atoms with van der Waals surface area (Å²) < 4.78 is 12.6. The number of benzene rings is 3. The van der Waals surface area contributed by atoms with E-state index in [0.29, 0.717) is 37.3 Å². The first-order valence-electron chi connectivity index (χ1n) is 17.9. The third-order valence-electron chi connectivity index (χ3n) is 11.0. The average molecular weight is 692 g/mol. The van der Waals surface area contributed by atoms with Crippen molar-refractivity contribution in [3.8, 4) is 5.75 Å². The van der Waals surface area contributed by atoms with Gasteiger partial charge in [0.1, 0.15) is 17.4 Å². The lowest BCUT2D eigenvalue weighted by Crippen LogP contribution is -2.59. The SMILES string of the molecule is C=CCN(C(=O)[C@@H]1[C@H]2C(=O)N([C@@H](CO)Cc3ccccc3)C(C(=O)N(CC=C)c3c(C)cccc3C)C23CC[C@@]1(C)O3)c1ccc(OCC)cc1. The number of para-hydroxylation sites is 1. The zero-order chi connectivity index (χ0) is 36.5. The Balaban J connectivity index is 1.47. The van der Waals surface area contributed by atoms with Crippen molar-refractivity contribution in [2.75, 3.05) is 36.1 Å². The molecule has 3 fully saturated rings. The molecule has 0 aliphatic carbocycles. The molecular weight excluding hydrogens is 642 g/mol. The molecule has 3 aliphatic heterocycles. The molecule has 9 heteroatoms. The summed E-state index contributed by atoms with van der Waals surface area (Å²) >= 11 is 0. The second kappa shape index (κ2) is 14.5. The lowest BCUT2D eigenvalue weighted by atomic mass is 9.66. The van der Waals surface area contributed by atoms with Gasteiger partial charge in [0, 0.05) is 24.5 Å². The topological polar surface area (TPSA) is 99.6 Å². The molecule has 2 bridgehead atoms. The molecule has 2 unspecified atom stereocenters. The van der Waals surface area contributed by atoms with Gasteiger partial charge < -0.3 is 29.3 Å². The fraction of sp³-hybridized carbons (Fsp3) is 0.405. The molecular formula is C42H49N3O6. The molecule has 3 aromatic carbocycles. The fourth-order valence-corrected chi connectivity index (χ4v) is 8.86. The van der Waals surface area contributed by atoms with E-state index in [1.54, 1.807) is 26.9 Å². The number of aliphatic hydroxyl groups excluding tert-OH is 1. The third-order valence-corrected chi connectivity index (χ3v) is 11.0. The second-order valence-corrected chi connectivity index (χ2v) is 14.1. The van der Waals surface area contributed by atoms with Gasteiger partial charge in [0.25, 0.3) is 5.91 Å². The van der Waals surface area contributed by atoms with Crippen molar-refractivity contribution in [2.24, 2.45) is 11.8 Å². The molecule has 0 aromatic heterocycles. The molecule has 6 atom stereocenters. The summed E-state index contributed by atoms with van der Waals surface area (Å²) in [5.74, 6) is -2.07. The van der Waals surface area contributed by atoms with E-state index in [4.69, 9.17) is 9.47 Å². The van der Waals surface area contributed by atoms with Gasteiger partial charge in [-0.05, 0) is 87.9 Å². The van der Waals surface area contributed by atoms with E-state index in [2.05, 4.69) is 13.2 Å². The zero-order valence-corrected chi connectivity index (χ0v) is 30.1. The molecule has 3 saturated heterocycles. The van der Waals surface area contributed by atoms with E-state index in [-0.39, 0.29) is 37.4 Å². The van der Waals surface area contributed by atoms with Crippen LogP contribution in [-0.4, -0.2) is 77.3 Å². The van der Waals surface area contributed by atoms with Gasteiger partial charge in [0.2, 0.25) is 11.8 Å². The lowest BCUT2D eigenvalue weighted by Gasteiger charge is -2.40. The van der Waals surface area contributed by atoms with E-state index in [0.717, 1.165) is 22.4 Å². The normalized spacial score (nSPS) is 25.3. The molecule has 9 nitrogen and oxygen atoms in total. The highest BCUT2D eigenvalue weighted by Gasteiger charge is 2.79. The summed E-state index contributed by atoms with van der Waals surface area (Å²) in [5.41, 5.74) is 1.83. The van der Waals surface area contributed by atoms with Crippen molar-refractivity contribution >= 4 is 29.1 Å². The Morgan fingerprint density at radius 2 is 1.61 bits per heavy atom. The molecule has 1 N–H and O–H groups in total. The molecule has 3 aromatic rings. The van der Waals surface area contributed by atoms with Crippen molar-refractivity contribution < 1.29 is 29.0 Å². The Morgan fingerprint density at radius 1 is 0.961 bits per heavy atom. The molecule has 0 radical (unpaired) electrons. The number of fused-ring (bicyclic) bond motifs is 1. The number of ether oxygens (including phenoxy) is 2. The highest BCUT2D eigenvalue weighted by Crippen LogP contribution is 2.64. The molecule has 268 valence electrons. The Labute approximate surface area is 301 Å². The maximum atomic E-state index is 15.3. The molecule has 51 heavy (non-hydrogen) atoms. The number of aryl methyl sites for hydroxylation is 2. The number of carbonyl (C=O) groups is 3. The zero-order valence-electron chi connectivity index (χ0n) is 30.1. The van der Waals surface area contributed by atoms with Crippen LogP contribution >= 0.6 is 0 Å². The number of carbonyl (C=O) groups excluding carboxylic acids is 3. The van der Waals surface area contributed by atoms with Gasteiger partial charge in [0.15, 0.2) is 0 Å². The Kier molecular flexibility index (Phi) is 10.2. The number of nitrogens with zero attached hydrogens (tertiary/aromatic N) is 3. The minimum absolute atomic E-state index is 0.205. The van der Waals surface area contributed by atoms with E-state index < -0.39 is 35.1 Å². The molecule has 6 rings (SSSR count). The predicted molar refractivity (Wildman–Crippen MR) is 199 cm³/mol.